The Labute approximate surface area is 148 Å². The number of hydrogen-bond acceptors (Lipinski definition) is 2. The molecule has 3 nitrogen and oxygen atoms in total. The van der Waals surface area contributed by atoms with Gasteiger partial charge in [0.25, 0.3) is 0 Å². The van der Waals surface area contributed by atoms with Crippen LogP contribution < -0.4 is 5.32 Å². The van der Waals surface area contributed by atoms with E-state index < -0.39 is 11.7 Å². The molecule has 1 aromatic heterocycles. The van der Waals surface area contributed by atoms with Gasteiger partial charge in [-0.3, -0.25) is 9.78 Å². The van der Waals surface area contributed by atoms with E-state index in [4.69, 9.17) is 0 Å². The molecule has 0 saturated heterocycles. The average Bonchev–Trinajstić information content (AvgIpc) is 2.61. The molecule has 1 heterocycles. The molecule has 2 aromatic carbocycles. The van der Waals surface area contributed by atoms with Gasteiger partial charge in [-0.15, -0.1) is 0 Å². The summed E-state index contributed by atoms with van der Waals surface area (Å²) in [5, 5.41) is 3.76. The Kier molecular flexibility index (Phi) is 4.93. The highest BCUT2D eigenvalue weighted by atomic mass is 19.4. The minimum absolute atomic E-state index is 0.187. The highest BCUT2D eigenvalue weighted by Crippen LogP contribution is 2.29. The number of rotatable bonds is 4. The molecule has 0 radical (unpaired) electrons. The number of nitrogens with zero attached hydrogens (tertiary/aromatic N) is 1. The molecular weight excluding hydrogens is 341 g/mol. The quantitative estimate of drug-likeness (QED) is 0.707. The molecule has 0 aliphatic rings. The molecule has 1 unspecified atom stereocenters. The maximum Gasteiger partial charge on any atom is 0.416 e. The van der Waals surface area contributed by atoms with Crippen LogP contribution in [0, 0.1) is 5.92 Å². The molecule has 0 bridgehead atoms. The predicted molar refractivity (Wildman–Crippen MR) is 94.7 cm³/mol. The van der Waals surface area contributed by atoms with Crippen molar-refractivity contribution in [2.45, 2.75) is 19.5 Å². The molecule has 1 atom stereocenters. The van der Waals surface area contributed by atoms with Crippen molar-refractivity contribution in [1.29, 1.82) is 0 Å². The number of amides is 1. The number of anilines is 1. The molecule has 3 aromatic rings. The third-order valence-electron chi connectivity index (χ3n) is 4.14. The third-order valence-corrected chi connectivity index (χ3v) is 4.14. The van der Waals surface area contributed by atoms with Gasteiger partial charge in [0.1, 0.15) is 0 Å². The number of alkyl halides is 3. The highest BCUT2D eigenvalue weighted by Gasteiger charge is 2.30. The summed E-state index contributed by atoms with van der Waals surface area (Å²) in [6, 6.07) is 14.1. The largest absolute Gasteiger partial charge is 0.416 e. The zero-order chi connectivity index (χ0) is 18.7. The molecule has 6 heteroatoms. The molecule has 0 aliphatic carbocycles. The van der Waals surface area contributed by atoms with Gasteiger partial charge in [0.05, 0.1) is 11.1 Å². The van der Waals surface area contributed by atoms with Crippen LogP contribution in [-0.2, 0) is 17.4 Å². The first-order valence-corrected chi connectivity index (χ1v) is 8.15. The summed E-state index contributed by atoms with van der Waals surface area (Å²) in [6.45, 7) is 1.75. The van der Waals surface area contributed by atoms with Crippen molar-refractivity contribution in [3.8, 4) is 0 Å². The summed E-state index contributed by atoms with van der Waals surface area (Å²) in [5.74, 6) is -0.565. The number of pyridine rings is 1. The summed E-state index contributed by atoms with van der Waals surface area (Å²) < 4.78 is 37.8. The fourth-order valence-corrected chi connectivity index (χ4v) is 2.69. The molecule has 0 fully saturated rings. The summed E-state index contributed by atoms with van der Waals surface area (Å²) in [6.07, 6.45) is -2.29. The third kappa shape index (κ3) is 4.20. The van der Waals surface area contributed by atoms with Crippen LogP contribution in [0.15, 0.2) is 60.8 Å². The van der Waals surface area contributed by atoms with Gasteiger partial charge in [-0.05, 0) is 48.4 Å². The fraction of sp³-hybridized carbons (Fsp3) is 0.200. The fourth-order valence-electron chi connectivity index (χ4n) is 2.69. The van der Waals surface area contributed by atoms with Gasteiger partial charge in [-0.1, -0.05) is 25.1 Å². The second-order valence-corrected chi connectivity index (χ2v) is 6.20. The number of benzene rings is 2. The van der Waals surface area contributed by atoms with E-state index in [9.17, 15) is 18.0 Å². The van der Waals surface area contributed by atoms with Crippen LogP contribution in [-0.4, -0.2) is 10.9 Å². The Bertz CT molecular complexity index is 920. The number of nitrogens with one attached hydrogen (secondary N) is 1. The first kappa shape index (κ1) is 17.9. The summed E-state index contributed by atoms with van der Waals surface area (Å²) >= 11 is 0. The second-order valence-electron chi connectivity index (χ2n) is 6.20. The predicted octanol–water partition coefficient (Wildman–Crippen LogP) is 5.07. The van der Waals surface area contributed by atoms with Crippen molar-refractivity contribution in [3.05, 3.63) is 71.9 Å². The van der Waals surface area contributed by atoms with Crippen molar-refractivity contribution < 1.29 is 18.0 Å². The first-order chi connectivity index (χ1) is 12.3. The van der Waals surface area contributed by atoms with Crippen LogP contribution in [0.5, 0.6) is 0 Å². The van der Waals surface area contributed by atoms with E-state index in [1.807, 2.05) is 24.3 Å². The Morgan fingerprint density at radius 1 is 1.12 bits per heavy atom. The number of halogens is 3. The lowest BCUT2D eigenvalue weighted by Crippen LogP contribution is -2.22. The minimum Gasteiger partial charge on any atom is -0.326 e. The van der Waals surface area contributed by atoms with Crippen LogP contribution >= 0.6 is 0 Å². The summed E-state index contributed by atoms with van der Waals surface area (Å²) in [5.41, 5.74) is 1.49. The van der Waals surface area contributed by atoms with Crippen LogP contribution in [0.25, 0.3) is 10.9 Å². The molecular formula is C20H17F3N2O. The van der Waals surface area contributed by atoms with Crippen LogP contribution in [0.1, 0.15) is 18.1 Å². The Morgan fingerprint density at radius 3 is 2.54 bits per heavy atom. The molecule has 134 valence electrons. The van der Waals surface area contributed by atoms with Gasteiger partial charge in [0, 0.05) is 23.2 Å². The number of carbonyl (C=O) groups excluding carboxylic acids is 1. The van der Waals surface area contributed by atoms with Crippen LogP contribution in [0.2, 0.25) is 0 Å². The Morgan fingerprint density at radius 2 is 1.85 bits per heavy atom. The van der Waals surface area contributed by atoms with E-state index in [2.05, 4.69) is 10.3 Å². The van der Waals surface area contributed by atoms with Gasteiger partial charge in [-0.25, -0.2) is 0 Å². The van der Waals surface area contributed by atoms with Crippen molar-refractivity contribution in [1.82, 2.24) is 4.98 Å². The molecule has 1 amide bonds. The maximum absolute atomic E-state index is 12.6. The smallest absolute Gasteiger partial charge is 0.326 e. The second kappa shape index (κ2) is 7.15. The van der Waals surface area contributed by atoms with Crippen LogP contribution in [0.3, 0.4) is 0 Å². The lowest BCUT2D eigenvalue weighted by molar-refractivity contribution is -0.137. The lowest BCUT2D eigenvalue weighted by atomic mass is 9.99. The van der Waals surface area contributed by atoms with Crippen molar-refractivity contribution >= 4 is 22.5 Å². The number of hydrogen-bond donors (Lipinski definition) is 1. The van der Waals surface area contributed by atoms with Crippen molar-refractivity contribution in [2.24, 2.45) is 5.92 Å². The van der Waals surface area contributed by atoms with E-state index in [1.165, 1.54) is 12.1 Å². The summed E-state index contributed by atoms with van der Waals surface area (Å²) in [4.78, 5) is 16.6. The highest BCUT2D eigenvalue weighted by molar-refractivity contribution is 5.94. The van der Waals surface area contributed by atoms with E-state index >= 15 is 0 Å². The SMILES string of the molecule is CC(Cc1ccc(C(F)(F)F)cc1)C(=O)Nc1ccc2ncccc2c1. The molecule has 1 N–H and O–H groups in total. The van der Waals surface area contributed by atoms with E-state index in [0.29, 0.717) is 17.7 Å². The topological polar surface area (TPSA) is 42.0 Å². The molecule has 3 rings (SSSR count). The van der Waals surface area contributed by atoms with E-state index in [1.54, 1.807) is 19.2 Å². The Hall–Kier alpha value is -2.89. The normalized spacial score (nSPS) is 12.8. The average molecular weight is 358 g/mol. The number of fused-ring (bicyclic) bond motifs is 1. The molecule has 0 spiro atoms. The standard InChI is InChI=1S/C20H17F3N2O/c1-13(11-14-4-6-16(7-5-14)20(21,22)23)19(26)25-17-8-9-18-15(12-17)3-2-10-24-18/h2-10,12-13H,11H2,1H3,(H,25,26). The van der Waals surface area contributed by atoms with Crippen molar-refractivity contribution in [3.63, 3.8) is 0 Å². The maximum atomic E-state index is 12.6. The van der Waals surface area contributed by atoms with Gasteiger partial charge in [0.2, 0.25) is 5.91 Å². The van der Waals surface area contributed by atoms with Gasteiger partial charge < -0.3 is 5.32 Å². The number of aromatic nitrogens is 1. The lowest BCUT2D eigenvalue weighted by Gasteiger charge is -2.13. The zero-order valence-corrected chi connectivity index (χ0v) is 14.0. The number of carbonyl (C=O) groups is 1. The van der Waals surface area contributed by atoms with Crippen molar-refractivity contribution in [2.75, 3.05) is 5.32 Å². The minimum atomic E-state index is -4.35. The van der Waals surface area contributed by atoms with Crippen LogP contribution in [0.4, 0.5) is 18.9 Å². The van der Waals surface area contributed by atoms with E-state index in [0.717, 1.165) is 23.0 Å². The summed E-state index contributed by atoms with van der Waals surface area (Å²) in [7, 11) is 0. The molecule has 0 saturated carbocycles. The monoisotopic (exact) mass is 358 g/mol. The molecule has 0 aliphatic heterocycles. The van der Waals surface area contributed by atoms with Gasteiger partial charge in [0.15, 0.2) is 0 Å². The molecule has 26 heavy (non-hydrogen) atoms. The van der Waals surface area contributed by atoms with Gasteiger partial charge in [-0.2, -0.15) is 13.2 Å². The first-order valence-electron chi connectivity index (χ1n) is 8.15. The Balaban J connectivity index is 1.65. The van der Waals surface area contributed by atoms with E-state index in [-0.39, 0.29) is 11.8 Å². The van der Waals surface area contributed by atoms with Gasteiger partial charge >= 0.3 is 6.18 Å². The zero-order valence-electron chi connectivity index (χ0n) is 14.0.